The number of hydrogen-bond acceptors (Lipinski definition) is 4. The number of carbonyl (C=O) groups is 3. The Bertz CT molecular complexity index is 809. The van der Waals surface area contributed by atoms with E-state index in [1.54, 1.807) is 6.92 Å². The van der Waals surface area contributed by atoms with Gasteiger partial charge in [-0.15, -0.1) is 0 Å². The molecule has 2 saturated heterocycles. The Balaban J connectivity index is 1.51. The summed E-state index contributed by atoms with van der Waals surface area (Å²) in [4.78, 5) is 41.3. The lowest BCUT2D eigenvalue weighted by molar-refractivity contribution is -0.134. The minimum absolute atomic E-state index is 0.000960. The quantitative estimate of drug-likeness (QED) is 0.493. The van der Waals surface area contributed by atoms with Gasteiger partial charge in [-0.3, -0.25) is 14.5 Å². The summed E-state index contributed by atoms with van der Waals surface area (Å²) in [5, 5.41) is 5.61. The van der Waals surface area contributed by atoms with E-state index in [4.69, 9.17) is 0 Å². The van der Waals surface area contributed by atoms with Gasteiger partial charge in [0.25, 0.3) is 5.91 Å². The van der Waals surface area contributed by atoms with Gasteiger partial charge in [-0.25, -0.2) is 4.79 Å². The van der Waals surface area contributed by atoms with Gasteiger partial charge in [-0.1, -0.05) is 45.0 Å². The van der Waals surface area contributed by atoms with Gasteiger partial charge >= 0.3 is 6.03 Å². The lowest BCUT2D eigenvalue weighted by atomic mass is 9.84. The van der Waals surface area contributed by atoms with Crippen molar-refractivity contribution >= 4 is 17.8 Å². The maximum absolute atomic E-state index is 13.0. The number of likely N-dealkylation sites (tertiary alicyclic amines) is 1. The van der Waals surface area contributed by atoms with E-state index in [0.29, 0.717) is 12.1 Å². The molecule has 1 unspecified atom stereocenters. The first kappa shape index (κ1) is 23.3. The van der Waals surface area contributed by atoms with Crippen LogP contribution in [0, 0.1) is 0 Å². The minimum Gasteiger partial charge on any atom is -0.355 e. The number of imide groups is 1. The normalized spacial score (nSPS) is 22.1. The molecule has 1 aromatic carbocycles. The van der Waals surface area contributed by atoms with Crippen molar-refractivity contribution in [1.82, 2.24) is 20.4 Å². The van der Waals surface area contributed by atoms with E-state index in [1.807, 2.05) is 24.3 Å². The predicted molar refractivity (Wildman–Crippen MR) is 121 cm³/mol. The zero-order valence-corrected chi connectivity index (χ0v) is 19.3. The standard InChI is InChI=1S/C24H36N4O3/c1-23(2,3)18-9-11-19(12-10-18)24(4)21(30)28(22(31)26-24)17-20(29)25-13-5-6-14-27-15-7-8-16-27/h9-12H,5-8,13-17H2,1-4H3,(H,25,29)(H,26,31). The van der Waals surface area contributed by atoms with E-state index >= 15 is 0 Å². The molecular weight excluding hydrogens is 392 g/mol. The fourth-order valence-electron chi connectivity index (χ4n) is 4.23. The molecule has 0 spiro atoms. The number of unbranched alkanes of at least 4 members (excludes halogenated alkanes) is 1. The summed E-state index contributed by atoms with van der Waals surface area (Å²) in [6.45, 7) is 11.8. The van der Waals surface area contributed by atoms with Crippen LogP contribution in [0.5, 0.6) is 0 Å². The van der Waals surface area contributed by atoms with Gasteiger partial charge in [0, 0.05) is 6.54 Å². The first-order chi connectivity index (χ1) is 14.6. The van der Waals surface area contributed by atoms with Crippen molar-refractivity contribution < 1.29 is 14.4 Å². The number of rotatable bonds is 8. The maximum Gasteiger partial charge on any atom is 0.325 e. The molecule has 7 heteroatoms. The Morgan fingerprint density at radius 3 is 2.35 bits per heavy atom. The molecule has 3 rings (SSSR count). The molecule has 0 aromatic heterocycles. The third-order valence-electron chi connectivity index (χ3n) is 6.33. The van der Waals surface area contributed by atoms with Gasteiger partial charge in [-0.05, 0) is 68.8 Å². The van der Waals surface area contributed by atoms with Gasteiger partial charge in [0.05, 0.1) is 0 Å². The fraction of sp³-hybridized carbons (Fsp3) is 0.625. The van der Waals surface area contributed by atoms with Crippen LogP contribution < -0.4 is 10.6 Å². The van der Waals surface area contributed by atoms with Crippen LogP contribution in [0.15, 0.2) is 24.3 Å². The van der Waals surface area contributed by atoms with Crippen LogP contribution in [-0.2, 0) is 20.5 Å². The fourth-order valence-corrected chi connectivity index (χ4v) is 4.23. The average molecular weight is 429 g/mol. The smallest absolute Gasteiger partial charge is 0.325 e. The van der Waals surface area contributed by atoms with Gasteiger partial charge in [0.1, 0.15) is 12.1 Å². The highest BCUT2D eigenvalue weighted by molar-refractivity contribution is 6.09. The van der Waals surface area contributed by atoms with Crippen molar-refractivity contribution in [3.63, 3.8) is 0 Å². The van der Waals surface area contributed by atoms with E-state index in [1.165, 1.54) is 25.9 Å². The molecule has 2 fully saturated rings. The van der Waals surface area contributed by atoms with Crippen LogP contribution in [0.2, 0.25) is 0 Å². The van der Waals surface area contributed by atoms with Crippen molar-refractivity contribution in [3.05, 3.63) is 35.4 Å². The van der Waals surface area contributed by atoms with Gasteiger partial charge in [0.15, 0.2) is 0 Å². The van der Waals surface area contributed by atoms with Crippen molar-refractivity contribution in [2.24, 2.45) is 0 Å². The molecule has 0 aliphatic carbocycles. The Kier molecular flexibility index (Phi) is 7.04. The molecule has 0 radical (unpaired) electrons. The molecule has 2 aliphatic rings. The number of nitrogens with one attached hydrogen (secondary N) is 2. The molecule has 2 N–H and O–H groups in total. The summed E-state index contributed by atoms with van der Waals surface area (Å²) < 4.78 is 0. The molecule has 0 saturated carbocycles. The number of benzene rings is 1. The van der Waals surface area contributed by atoms with Gasteiger partial charge in [-0.2, -0.15) is 0 Å². The van der Waals surface area contributed by atoms with Crippen molar-refractivity contribution in [2.45, 2.75) is 64.3 Å². The molecule has 31 heavy (non-hydrogen) atoms. The number of amides is 4. The Morgan fingerprint density at radius 1 is 1.10 bits per heavy atom. The number of nitrogens with zero attached hydrogens (tertiary/aromatic N) is 2. The van der Waals surface area contributed by atoms with Gasteiger partial charge in [0.2, 0.25) is 5.91 Å². The number of carbonyl (C=O) groups excluding carboxylic acids is 3. The topological polar surface area (TPSA) is 81.8 Å². The highest BCUT2D eigenvalue weighted by Gasteiger charge is 2.49. The Labute approximate surface area is 185 Å². The summed E-state index contributed by atoms with van der Waals surface area (Å²) in [6.07, 6.45) is 4.48. The predicted octanol–water partition coefficient (Wildman–Crippen LogP) is 2.74. The molecule has 1 aromatic rings. The van der Waals surface area contributed by atoms with Crippen molar-refractivity contribution in [3.8, 4) is 0 Å². The highest BCUT2D eigenvalue weighted by Crippen LogP contribution is 2.31. The highest BCUT2D eigenvalue weighted by atomic mass is 16.2. The van der Waals surface area contributed by atoms with E-state index in [9.17, 15) is 14.4 Å². The summed E-state index contributed by atoms with van der Waals surface area (Å²) >= 11 is 0. The first-order valence-electron chi connectivity index (χ1n) is 11.4. The van der Waals surface area contributed by atoms with Gasteiger partial charge < -0.3 is 15.5 Å². The maximum atomic E-state index is 13.0. The molecule has 4 amide bonds. The van der Waals surface area contributed by atoms with E-state index < -0.39 is 17.5 Å². The second kappa shape index (κ2) is 9.39. The SMILES string of the molecule is CC(C)(C)c1ccc(C2(C)NC(=O)N(CC(=O)NCCCCN3CCCC3)C2=O)cc1. The van der Waals surface area contributed by atoms with Crippen molar-refractivity contribution in [1.29, 1.82) is 0 Å². The van der Waals surface area contributed by atoms with E-state index in [0.717, 1.165) is 29.8 Å². The van der Waals surface area contributed by atoms with Crippen LogP contribution in [0.25, 0.3) is 0 Å². The Hall–Kier alpha value is -2.41. The molecule has 2 aliphatic heterocycles. The lowest BCUT2D eigenvalue weighted by Crippen LogP contribution is -2.43. The van der Waals surface area contributed by atoms with Crippen molar-refractivity contribution in [2.75, 3.05) is 32.7 Å². The number of hydrogen-bond donors (Lipinski definition) is 2. The largest absolute Gasteiger partial charge is 0.355 e. The molecule has 1 atom stereocenters. The minimum atomic E-state index is -1.16. The summed E-state index contributed by atoms with van der Waals surface area (Å²) in [5.41, 5.74) is 0.700. The van der Waals surface area contributed by atoms with E-state index in [2.05, 4.69) is 36.3 Å². The lowest BCUT2D eigenvalue weighted by Gasteiger charge is -2.24. The second-order valence-electron chi connectivity index (χ2n) is 9.88. The summed E-state index contributed by atoms with van der Waals surface area (Å²) in [7, 11) is 0. The average Bonchev–Trinajstić information content (AvgIpc) is 3.30. The molecule has 0 bridgehead atoms. The summed E-state index contributed by atoms with van der Waals surface area (Å²) in [5.74, 6) is -0.706. The Morgan fingerprint density at radius 2 is 1.74 bits per heavy atom. The van der Waals surface area contributed by atoms with Crippen LogP contribution >= 0.6 is 0 Å². The molecule has 2 heterocycles. The number of urea groups is 1. The van der Waals surface area contributed by atoms with Crippen LogP contribution in [-0.4, -0.2) is 60.4 Å². The second-order valence-corrected chi connectivity index (χ2v) is 9.88. The third kappa shape index (κ3) is 5.45. The van der Waals surface area contributed by atoms with Crippen LogP contribution in [0.4, 0.5) is 4.79 Å². The molecule has 7 nitrogen and oxygen atoms in total. The summed E-state index contributed by atoms with van der Waals surface area (Å²) in [6, 6.07) is 7.19. The van der Waals surface area contributed by atoms with E-state index in [-0.39, 0.29) is 17.9 Å². The zero-order valence-electron chi connectivity index (χ0n) is 19.3. The molecular formula is C24H36N4O3. The third-order valence-corrected chi connectivity index (χ3v) is 6.33. The first-order valence-corrected chi connectivity index (χ1v) is 11.4. The van der Waals surface area contributed by atoms with Crippen LogP contribution in [0.3, 0.4) is 0 Å². The zero-order chi connectivity index (χ0) is 22.6. The van der Waals surface area contributed by atoms with Crippen LogP contribution in [0.1, 0.15) is 64.5 Å². The monoisotopic (exact) mass is 428 g/mol. The molecule has 170 valence electrons.